The standard InChI is InChI=1S/C13H25NO3Si/c1-10(2)13(14(15)16)11-7-6-8-12(9-11)17-18(3,4)5/h9-11,13H,6-8H2,1-5H3/t11-,13+/m1/s1. The van der Waals surface area contributed by atoms with Crippen LogP contribution in [0.2, 0.25) is 19.6 Å². The lowest BCUT2D eigenvalue weighted by atomic mass is 9.83. The van der Waals surface area contributed by atoms with E-state index in [1.165, 1.54) is 0 Å². The first-order valence-corrected chi connectivity index (χ1v) is 10.1. The minimum absolute atomic E-state index is 0.0279. The van der Waals surface area contributed by atoms with Crippen LogP contribution >= 0.6 is 0 Å². The molecule has 18 heavy (non-hydrogen) atoms. The van der Waals surface area contributed by atoms with Gasteiger partial charge in [0.2, 0.25) is 14.4 Å². The average Bonchev–Trinajstić information content (AvgIpc) is 2.13. The van der Waals surface area contributed by atoms with Gasteiger partial charge in [0.25, 0.3) is 0 Å². The van der Waals surface area contributed by atoms with Crippen LogP contribution in [-0.4, -0.2) is 19.3 Å². The maximum Gasteiger partial charge on any atom is 0.241 e. The number of allylic oxidation sites excluding steroid dienone is 1. The fraction of sp³-hybridized carbons (Fsp3) is 0.846. The highest BCUT2D eigenvalue weighted by molar-refractivity contribution is 6.70. The molecule has 0 spiro atoms. The molecule has 0 saturated carbocycles. The lowest BCUT2D eigenvalue weighted by Gasteiger charge is -2.29. The van der Waals surface area contributed by atoms with Crippen LogP contribution in [0.5, 0.6) is 0 Å². The van der Waals surface area contributed by atoms with Crippen LogP contribution in [0.3, 0.4) is 0 Å². The molecule has 0 aromatic rings. The zero-order valence-corrected chi connectivity index (χ0v) is 13.1. The van der Waals surface area contributed by atoms with Crippen molar-refractivity contribution in [3.8, 4) is 0 Å². The van der Waals surface area contributed by atoms with E-state index in [0.29, 0.717) is 0 Å². The Morgan fingerprint density at radius 3 is 2.50 bits per heavy atom. The molecule has 0 heterocycles. The third-order valence-corrected chi connectivity index (χ3v) is 4.04. The summed E-state index contributed by atoms with van der Waals surface area (Å²) in [6.45, 7) is 10.3. The van der Waals surface area contributed by atoms with Crippen LogP contribution in [0.4, 0.5) is 0 Å². The highest BCUT2D eigenvalue weighted by Crippen LogP contribution is 2.31. The zero-order chi connectivity index (χ0) is 13.9. The van der Waals surface area contributed by atoms with Crippen LogP contribution in [0.15, 0.2) is 11.8 Å². The third kappa shape index (κ3) is 4.44. The van der Waals surface area contributed by atoms with Gasteiger partial charge in [0.15, 0.2) is 0 Å². The summed E-state index contributed by atoms with van der Waals surface area (Å²) < 4.78 is 6.00. The van der Waals surface area contributed by atoms with Gasteiger partial charge in [-0.15, -0.1) is 0 Å². The normalized spacial score (nSPS) is 22.6. The second-order valence-corrected chi connectivity index (χ2v) is 10.9. The molecule has 1 aliphatic carbocycles. The number of rotatable bonds is 5. The maximum absolute atomic E-state index is 11.2. The molecule has 5 heteroatoms. The van der Waals surface area contributed by atoms with E-state index in [0.717, 1.165) is 25.0 Å². The first-order chi connectivity index (χ1) is 8.20. The van der Waals surface area contributed by atoms with Gasteiger partial charge in [-0.2, -0.15) is 0 Å². The Morgan fingerprint density at radius 2 is 2.06 bits per heavy atom. The van der Waals surface area contributed by atoms with Gasteiger partial charge in [-0.25, -0.2) is 0 Å². The van der Waals surface area contributed by atoms with Gasteiger partial charge in [-0.1, -0.05) is 13.8 Å². The van der Waals surface area contributed by atoms with Crippen LogP contribution in [-0.2, 0) is 4.43 Å². The molecule has 0 aliphatic heterocycles. The summed E-state index contributed by atoms with van der Waals surface area (Å²) in [5.74, 6) is 1.07. The molecular weight excluding hydrogens is 246 g/mol. The summed E-state index contributed by atoms with van der Waals surface area (Å²) in [4.78, 5) is 11.1. The predicted octanol–water partition coefficient (Wildman–Crippen LogP) is 3.82. The van der Waals surface area contributed by atoms with E-state index >= 15 is 0 Å². The second kappa shape index (κ2) is 5.86. The number of nitro groups is 1. The molecule has 0 unspecified atom stereocenters. The number of nitrogens with zero attached hydrogens (tertiary/aromatic N) is 1. The van der Waals surface area contributed by atoms with Crippen molar-refractivity contribution in [2.75, 3.05) is 0 Å². The van der Waals surface area contributed by atoms with E-state index in [9.17, 15) is 10.1 Å². The lowest BCUT2D eigenvalue weighted by molar-refractivity contribution is -0.538. The molecule has 0 aromatic carbocycles. The Hall–Kier alpha value is -0.843. The van der Waals surface area contributed by atoms with Crippen molar-refractivity contribution in [2.45, 2.75) is 58.8 Å². The molecular formula is C13H25NO3Si. The Balaban J connectivity index is 2.83. The molecule has 104 valence electrons. The fourth-order valence-electron chi connectivity index (χ4n) is 2.56. The SMILES string of the molecule is CC(C)[C@@H]([C@H]1C=C(O[Si](C)(C)C)CCC1)[N+](=O)[O-]. The topological polar surface area (TPSA) is 52.4 Å². The molecule has 0 bridgehead atoms. The monoisotopic (exact) mass is 271 g/mol. The molecule has 0 saturated heterocycles. The van der Waals surface area contributed by atoms with Crippen molar-refractivity contribution in [3.05, 3.63) is 21.9 Å². The van der Waals surface area contributed by atoms with Gasteiger partial charge in [-0.05, 0) is 38.6 Å². The molecule has 0 fully saturated rings. The van der Waals surface area contributed by atoms with Gasteiger partial charge in [0.05, 0.1) is 5.76 Å². The van der Waals surface area contributed by atoms with E-state index in [1.807, 2.05) is 19.9 Å². The highest BCUT2D eigenvalue weighted by Gasteiger charge is 2.35. The first-order valence-electron chi connectivity index (χ1n) is 6.74. The number of hydrogen-bond donors (Lipinski definition) is 0. The molecule has 1 aliphatic rings. The first kappa shape index (κ1) is 15.2. The van der Waals surface area contributed by atoms with E-state index in [4.69, 9.17) is 4.43 Å². The summed E-state index contributed by atoms with van der Waals surface area (Å²) in [5, 5.41) is 11.2. The molecule has 0 radical (unpaired) electrons. The quantitative estimate of drug-likeness (QED) is 0.434. The molecule has 0 amide bonds. The Morgan fingerprint density at radius 1 is 1.44 bits per heavy atom. The van der Waals surface area contributed by atoms with Crippen LogP contribution in [0, 0.1) is 22.0 Å². The fourth-order valence-corrected chi connectivity index (χ4v) is 3.52. The van der Waals surface area contributed by atoms with Gasteiger partial charge in [-0.3, -0.25) is 10.1 Å². The van der Waals surface area contributed by atoms with E-state index in [1.54, 1.807) is 0 Å². The molecule has 0 N–H and O–H groups in total. The molecule has 4 nitrogen and oxygen atoms in total. The Bertz CT molecular complexity index is 334. The Kier molecular flexibility index (Phi) is 4.96. The maximum atomic E-state index is 11.2. The summed E-state index contributed by atoms with van der Waals surface area (Å²) in [7, 11) is -1.60. The van der Waals surface area contributed by atoms with Gasteiger partial charge in [0.1, 0.15) is 0 Å². The summed E-state index contributed by atoms with van der Waals surface area (Å²) in [5.41, 5.74) is 0. The highest BCUT2D eigenvalue weighted by atomic mass is 28.4. The largest absolute Gasteiger partial charge is 0.548 e. The molecule has 2 atom stereocenters. The van der Waals surface area contributed by atoms with E-state index in [-0.39, 0.29) is 16.8 Å². The van der Waals surface area contributed by atoms with Crippen molar-refractivity contribution in [3.63, 3.8) is 0 Å². The smallest absolute Gasteiger partial charge is 0.241 e. The van der Waals surface area contributed by atoms with Crippen molar-refractivity contribution < 1.29 is 9.35 Å². The van der Waals surface area contributed by atoms with Gasteiger partial charge >= 0.3 is 0 Å². The number of hydrogen-bond acceptors (Lipinski definition) is 3. The minimum Gasteiger partial charge on any atom is -0.548 e. The summed E-state index contributed by atoms with van der Waals surface area (Å²) >= 11 is 0. The lowest BCUT2D eigenvalue weighted by Crippen LogP contribution is -2.35. The summed E-state index contributed by atoms with van der Waals surface area (Å²) in [6, 6.07) is -0.481. The van der Waals surface area contributed by atoms with E-state index in [2.05, 4.69) is 19.6 Å². The van der Waals surface area contributed by atoms with Gasteiger partial charge < -0.3 is 4.43 Å². The molecule has 1 rings (SSSR count). The van der Waals surface area contributed by atoms with E-state index < -0.39 is 14.4 Å². The van der Waals surface area contributed by atoms with Crippen molar-refractivity contribution in [1.29, 1.82) is 0 Å². The van der Waals surface area contributed by atoms with Crippen LogP contribution in [0.25, 0.3) is 0 Å². The summed E-state index contributed by atoms with van der Waals surface area (Å²) in [6.07, 6.45) is 4.86. The third-order valence-electron chi connectivity index (χ3n) is 3.16. The van der Waals surface area contributed by atoms with Crippen molar-refractivity contribution in [1.82, 2.24) is 0 Å². The van der Waals surface area contributed by atoms with Crippen molar-refractivity contribution >= 4 is 8.32 Å². The van der Waals surface area contributed by atoms with Crippen molar-refractivity contribution in [2.24, 2.45) is 11.8 Å². The van der Waals surface area contributed by atoms with Crippen LogP contribution in [0.1, 0.15) is 33.1 Å². The van der Waals surface area contributed by atoms with Gasteiger partial charge in [0, 0.05) is 23.2 Å². The second-order valence-electron chi connectivity index (χ2n) is 6.42. The van der Waals surface area contributed by atoms with Crippen LogP contribution < -0.4 is 0 Å². The Labute approximate surface area is 111 Å². The average molecular weight is 271 g/mol. The minimum atomic E-state index is -1.60. The predicted molar refractivity (Wildman–Crippen MR) is 75.5 cm³/mol. The zero-order valence-electron chi connectivity index (χ0n) is 12.1. The molecule has 0 aromatic heterocycles.